The zero-order chi connectivity index (χ0) is 15.2. The first kappa shape index (κ1) is 15.4. The molecule has 0 atom stereocenters. The number of hydrogen-bond acceptors (Lipinski definition) is 2. The van der Waals surface area contributed by atoms with Gasteiger partial charge in [-0.1, -0.05) is 31.5 Å². The summed E-state index contributed by atoms with van der Waals surface area (Å²) >= 11 is 5.81. The van der Waals surface area contributed by atoms with Gasteiger partial charge in [-0.3, -0.25) is 4.79 Å². The van der Waals surface area contributed by atoms with Crippen LogP contribution >= 0.6 is 11.6 Å². The number of ether oxygens (including phenoxy) is 1. The van der Waals surface area contributed by atoms with Crippen molar-refractivity contribution in [2.75, 3.05) is 11.9 Å². The summed E-state index contributed by atoms with van der Waals surface area (Å²) in [5.74, 6) is 1.03. The van der Waals surface area contributed by atoms with E-state index in [0.29, 0.717) is 28.8 Å². The highest BCUT2D eigenvalue weighted by atomic mass is 35.5. The van der Waals surface area contributed by atoms with E-state index in [2.05, 4.69) is 19.2 Å². The average Bonchev–Trinajstić information content (AvgIpc) is 2.46. The quantitative estimate of drug-likeness (QED) is 0.874. The van der Waals surface area contributed by atoms with Crippen molar-refractivity contribution in [2.45, 2.75) is 13.8 Å². The zero-order valence-electron chi connectivity index (χ0n) is 12.1. The Hall–Kier alpha value is -2.00. The lowest BCUT2D eigenvalue weighted by Gasteiger charge is -2.10. The predicted molar refractivity (Wildman–Crippen MR) is 86.2 cm³/mol. The highest BCUT2D eigenvalue weighted by Gasteiger charge is 2.06. The van der Waals surface area contributed by atoms with Gasteiger partial charge in [0.1, 0.15) is 5.75 Å². The Morgan fingerprint density at radius 1 is 1.19 bits per heavy atom. The SMILES string of the molecule is CC(C)COc1cccc(NC(=O)c2ccc(Cl)cc2)c1. The van der Waals surface area contributed by atoms with Crippen LogP contribution in [-0.4, -0.2) is 12.5 Å². The Labute approximate surface area is 129 Å². The Kier molecular flexibility index (Phi) is 5.23. The van der Waals surface area contributed by atoms with Gasteiger partial charge in [0.2, 0.25) is 0 Å². The second-order valence-electron chi connectivity index (χ2n) is 5.19. The molecular weight excluding hydrogens is 286 g/mol. The van der Waals surface area contributed by atoms with Gasteiger partial charge in [-0.25, -0.2) is 0 Å². The van der Waals surface area contributed by atoms with Crippen LogP contribution < -0.4 is 10.1 Å². The van der Waals surface area contributed by atoms with E-state index in [1.807, 2.05) is 24.3 Å². The maximum Gasteiger partial charge on any atom is 0.255 e. The lowest BCUT2D eigenvalue weighted by molar-refractivity contribution is 0.102. The Morgan fingerprint density at radius 3 is 2.57 bits per heavy atom. The lowest BCUT2D eigenvalue weighted by Crippen LogP contribution is -2.12. The van der Waals surface area contributed by atoms with E-state index < -0.39 is 0 Å². The minimum Gasteiger partial charge on any atom is -0.493 e. The van der Waals surface area contributed by atoms with E-state index in [-0.39, 0.29) is 5.91 Å². The Morgan fingerprint density at radius 2 is 1.90 bits per heavy atom. The van der Waals surface area contributed by atoms with Gasteiger partial charge in [0, 0.05) is 22.3 Å². The predicted octanol–water partition coefficient (Wildman–Crippen LogP) is 4.63. The van der Waals surface area contributed by atoms with Crippen LogP contribution in [0.2, 0.25) is 5.02 Å². The van der Waals surface area contributed by atoms with Crippen LogP contribution in [0.3, 0.4) is 0 Å². The fraction of sp³-hybridized carbons (Fsp3) is 0.235. The third-order valence-electron chi connectivity index (χ3n) is 2.78. The van der Waals surface area contributed by atoms with E-state index in [0.717, 1.165) is 5.75 Å². The number of amides is 1. The van der Waals surface area contributed by atoms with Crippen molar-refractivity contribution < 1.29 is 9.53 Å². The molecule has 0 aliphatic heterocycles. The normalized spacial score (nSPS) is 10.5. The summed E-state index contributed by atoms with van der Waals surface area (Å²) in [5, 5.41) is 3.45. The molecular formula is C17H18ClNO2. The molecule has 2 aromatic carbocycles. The molecule has 4 heteroatoms. The molecule has 2 rings (SSSR count). The van der Waals surface area contributed by atoms with Crippen LogP contribution in [0.5, 0.6) is 5.75 Å². The highest BCUT2D eigenvalue weighted by Crippen LogP contribution is 2.19. The molecule has 1 amide bonds. The van der Waals surface area contributed by atoms with Crippen molar-refractivity contribution in [3.05, 3.63) is 59.1 Å². The number of rotatable bonds is 5. The van der Waals surface area contributed by atoms with Crippen LogP contribution in [0.25, 0.3) is 0 Å². The first-order valence-electron chi connectivity index (χ1n) is 6.84. The third kappa shape index (κ3) is 4.80. The zero-order valence-corrected chi connectivity index (χ0v) is 12.9. The summed E-state index contributed by atoms with van der Waals surface area (Å²) in [5.41, 5.74) is 1.27. The van der Waals surface area contributed by atoms with E-state index in [1.165, 1.54) is 0 Å². The van der Waals surface area contributed by atoms with E-state index in [4.69, 9.17) is 16.3 Å². The smallest absolute Gasteiger partial charge is 0.255 e. The summed E-state index contributed by atoms with van der Waals surface area (Å²) in [4.78, 5) is 12.1. The number of carbonyl (C=O) groups is 1. The number of nitrogens with one attached hydrogen (secondary N) is 1. The molecule has 0 unspecified atom stereocenters. The number of halogens is 1. The molecule has 0 saturated carbocycles. The highest BCUT2D eigenvalue weighted by molar-refractivity contribution is 6.30. The van der Waals surface area contributed by atoms with Crippen molar-refractivity contribution in [2.24, 2.45) is 5.92 Å². The maximum absolute atomic E-state index is 12.1. The van der Waals surface area contributed by atoms with Gasteiger partial charge in [-0.15, -0.1) is 0 Å². The molecule has 3 nitrogen and oxygen atoms in total. The second kappa shape index (κ2) is 7.14. The van der Waals surface area contributed by atoms with Gasteiger partial charge in [0.15, 0.2) is 0 Å². The van der Waals surface area contributed by atoms with Gasteiger partial charge in [0.25, 0.3) is 5.91 Å². The molecule has 2 aromatic rings. The average molecular weight is 304 g/mol. The van der Waals surface area contributed by atoms with Crippen LogP contribution in [0.4, 0.5) is 5.69 Å². The fourth-order valence-electron chi connectivity index (χ4n) is 1.73. The molecule has 21 heavy (non-hydrogen) atoms. The van der Waals surface area contributed by atoms with Gasteiger partial charge < -0.3 is 10.1 Å². The first-order chi connectivity index (χ1) is 10.0. The minimum atomic E-state index is -0.173. The molecule has 0 fully saturated rings. The lowest BCUT2D eigenvalue weighted by atomic mass is 10.2. The molecule has 0 saturated heterocycles. The summed E-state index contributed by atoms with van der Waals surface area (Å²) < 4.78 is 5.64. The molecule has 0 spiro atoms. The Bertz CT molecular complexity index is 608. The molecule has 0 heterocycles. The van der Waals surface area contributed by atoms with Crippen molar-refractivity contribution >= 4 is 23.2 Å². The van der Waals surface area contributed by atoms with Crippen molar-refractivity contribution in [3.63, 3.8) is 0 Å². The number of hydrogen-bond donors (Lipinski definition) is 1. The first-order valence-corrected chi connectivity index (χ1v) is 7.22. The minimum absolute atomic E-state index is 0.173. The van der Waals surface area contributed by atoms with E-state index in [1.54, 1.807) is 24.3 Å². The van der Waals surface area contributed by atoms with Gasteiger partial charge >= 0.3 is 0 Å². The molecule has 110 valence electrons. The monoisotopic (exact) mass is 303 g/mol. The molecule has 0 bridgehead atoms. The Balaban J connectivity index is 2.03. The van der Waals surface area contributed by atoms with Crippen molar-refractivity contribution in [1.82, 2.24) is 0 Å². The summed E-state index contributed by atoms with van der Waals surface area (Å²) in [6.07, 6.45) is 0. The fourth-order valence-corrected chi connectivity index (χ4v) is 1.86. The number of anilines is 1. The molecule has 0 aromatic heterocycles. The molecule has 0 aliphatic carbocycles. The number of benzene rings is 2. The van der Waals surface area contributed by atoms with Crippen LogP contribution in [0.15, 0.2) is 48.5 Å². The van der Waals surface area contributed by atoms with Crippen LogP contribution in [0, 0.1) is 5.92 Å². The van der Waals surface area contributed by atoms with Crippen LogP contribution in [0.1, 0.15) is 24.2 Å². The van der Waals surface area contributed by atoms with E-state index in [9.17, 15) is 4.79 Å². The van der Waals surface area contributed by atoms with Crippen molar-refractivity contribution in [3.8, 4) is 5.75 Å². The summed E-state index contributed by atoms with van der Waals surface area (Å²) in [6.45, 7) is 4.83. The molecule has 0 radical (unpaired) electrons. The molecule has 0 aliphatic rings. The maximum atomic E-state index is 12.1. The van der Waals surface area contributed by atoms with Gasteiger partial charge in [-0.05, 0) is 42.3 Å². The second-order valence-corrected chi connectivity index (χ2v) is 5.63. The van der Waals surface area contributed by atoms with E-state index >= 15 is 0 Å². The van der Waals surface area contributed by atoms with Gasteiger partial charge in [0.05, 0.1) is 6.61 Å². The summed E-state index contributed by atoms with van der Waals surface area (Å²) in [6, 6.07) is 14.1. The third-order valence-corrected chi connectivity index (χ3v) is 3.03. The topological polar surface area (TPSA) is 38.3 Å². The van der Waals surface area contributed by atoms with Crippen LogP contribution in [-0.2, 0) is 0 Å². The largest absolute Gasteiger partial charge is 0.493 e. The summed E-state index contributed by atoms with van der Waals surface area (Å²) in [7, 11) is 0. The van der Waals surface area contributed by atoms with Crippen molar-refractivity contribution in [1.29, 1.82) is 0 Å². The number of carbonyl (C=O) groups excluding carboxylic acids is 1. The standard InChI is InChI=1S/C17H18ClNO2/c1-12(2)11-21-16-5-3-4-15(10-16)19-17(20)13-6-8-14(18)9-7-13/h3-10,12H,11H2,1-2H3,(H,19,20). The molecule has 1 N–H and O–H groups in total. The van der Waals surface area contributed by atoms with Gasteiger partial charge in [-0.2, -0.15) is 0 Å².